The van der Waals surface area contributed by atoms with Gasteiger partial charge in [-0.2, -0.15) is 0 Å². The molecule has 1 amide bonds. The normalized spacial score (nSPS) is 11.7. The molecule has 0 unspecified atom stereocenters. The number of nitrogens with zero attached hydrogens (tertiary/aromatic N) is 2. The first kappa shape index (κ1) is 15.6. The van der Waals surface area contributed by atoms with E-state index in [1.54, 1.807) is 0 Å². The molecule has 0 aliphatic heterocycles. The predicted octanol–water partition coefficient (Wildman–Crippen LogP) is -0.0574. The molecule has 0 radical (unpaired) electrons. The van der Waals surface area contributed by atoms with Gasteiger partial charge in [-0.25, -0.2) is 23.1 Å². The van der Waals surface area contributed by atoms with E-state index in [2.05, 4.69) is 20.0 Å². The Labute approximate surface area is 125 Å². The Morgan fingerprint density at radius 2 is 2.05 bits per heavy atom. The number of nitrogens with one attached hydrogen (secondary N) is 2. The third-order valence-electron chi connectivity index (χ3n) is 2.57. The number of thiophene rings is 1. The summed E-state index contributed by atoms with van der Waals surface area (Å²) >= 11 is 1.18. The Morgan fingerprint density at radius 1 is 1.33 bits per heavy atom. The van der Waals surface area contributed by atoms with Gasteiger partial charge in [-0.1, -0.05) is 0 Å². The average molecular weight is 329 g/mol. The van der Waals surface area contributed by atoms with E-state index < -0.39 is 10.0 Å². The van der Waals surface area contributed by atoms with E-state index in [4.69, 9.17) is 5.73 Å². The summed E-state index contributed by atoms with van der Waals surface area (Å²) in [6.07, 6.45) is 4.63. The van der Waals surface area contributed by atoms with Crippen molar-refractivity contribution in [2.24, 2.45) is 0 Å². The standard InChI is InChI=1S/C11H15N5O3S2/c1-21(18,19)16-4-2-3-14-10(17)9-7(12)8-11(20-9)15-6-5-13-8/h5-6,16H,2-4,12H2,1H3,(H,14,17). The number of amides is 1. The fourth-order valence-corrected chi connectivity index (χ4v) is 3.09. The first-order chi connectivity index (χ1) is 9.88. The van der Waals surface area contributed by atoms with E-state index in [1.807, 2.05) is 0 Å². The lowest BCUT2D eigenvalue weighted by molar-refractivity contribution is 0.0958. The molecule has 4 N–H and O–H groups in total. The second-order valence-electron chi connectivity index (χ2n) is 4.33. The number of anilines is 1. The maximum absolute atomic E-state index is 12.0. The Bertz CT molecular complexity index is 756. The monoisotopic (exact) mass is 329 g/mol. The van der Waals surface area contributed by atoms with Gasteiger partial charge in [-0.15, -0.1) is 11.3 Å². The van der Waals surface area contributed by atoms with Crippen molar-refractivity contribution in [2.75, 3.05) is 25.1 Å². The van der Waals surface area contributed by atoms with Crippen LogP contribution in [0.5, 0.6) is 0 Å². The van der Waals surface area contributed by atoms with Gasteiger partial charge in [0.05, 0.1) is 11.9 Å². The van der Waals surface area contributed by atoms with E-state index in [-0.39, 0.29) is 12.5 Å². The molecule has 0 saturated heterocycles. The molecule has 0 atom stereocenters. The largest absolute Gasteiger partial charge is 0.396 e. The Kier molecular flexibility index (Phi) is 4.70. The van der Waals surface area contributed by atoms with E-state index in [0.717, 1.165) is 6.26 Å². The zero-order valence-electron chi connectivity index (χ0n) is 11.3. The Hall–Kier alpha value is -1.78. The summed E-state index contributed by atoms with van der Waals surface area (Å²) in [5.74, 6) is -0.309. The van der Waals surface area contributed by atoms with E-state index in [9.17, 15) is 13.2 Å². The van der Waals surface area contributed by atoms with Crippen LogP contribution in [0.4, 0.5) is 5.69 Å². The van der Waals surface area contributed by atoms with Crippen LogP contribution in [-0.4, -0.2) is 43.6 Å². The third-order valence-corrected chi connectivity index (χ3v) is 4.40. The second kappa shape index (κ2) is 6.33. The highest BCUT2D eigenvalue weighted by Gasteiger charge is 2.17. The molecule has 0 aliphatic rings. The van der Waals surface area contributed by atoms with Crippen LogP contribution in [-0.2, 0) is 10.0 Å². The van der Waals surface area contributed by atoms with Crippen LogP contribution in [0.25, 0.3) is 10.3 Å². The first-order valence-corrected chi connectivity index (χ1v) is 8.81. The SMILES string of the molecule is CS(=O)(=O)NCCCNC(=O)c1sc2nccnc2c1N. The van der Waals surface area contributed by atoms with Gasteiger partial charge in [0.2, 0.25) is 10.0 Å². The maximum atomic E-state index is 12.0. The van der Waals surface area contributed by atoms with Crippen molar-refractivity contribution in [1.29, 1.82) is 0 Å². The fraction of sp³-hybridized carbons (Fsp3) is 0.364. The predicted molar refractivity (Wildman–Crippen MR) is 81.6 cm³/mol. The molecule has 8 nitrogen and oxygen atoms in total. The van der Waals surface area contributed by atoms with Gasteiger partial charge in [0.25, 0.3) is 5.91 Å². The number of fused-ring (bicyclic) bond motifs is 1. The molecule has 2 aromatic rings. The molecule has 2 aromatic heterocycles. The van der Waals surface area contributed by atoms with Crippen LogP contribution < -0.4 is 15.8 Å². The topological polar surface area (TPSA) is 127 Å². The van der Waals surface area contributed by atoms with Crippen molar-refractivity contribution < 1.29 is 13.2 Å². The van der Waals surface area contributed by atoms with Crippen molar-refractivity contribution in [2.45, 2.75) is 6.42 Å². The zero-order chi connectivity index (χ0) is 15.5. The molecule has 0 spiro atoms. The number of sulfonamides is 1. The first-order valence-electron chi connectivity index (χ1n) is 6.10. The van der Waals surface area contributed by atoms with Gasteiger partial charge in [0, 0.05) is 25.5 Å². The van der Waals surface area contributed by atoms with Gasteiger partial charge in [-0.05, 0) is 6.42 Å². The summed E-state index contributed by atoms with van der Waals surface area (Å²) in [7, 11) is -3.20. The summed E-state index contributed by atoms with van der Waals surface area (Å²) in [6.45, 7) is 0.611. The second-order valence-corrected chi connectivity index (χ2v) is 7.16. The van der Waals surface area contributed by atoms with E-state index >= 15 is 0 Å². The number of rotatable bonds is 6. The maximum Gasteiger partial charge on any atom is 0.263 e. The number of nitrogens with two attached hydrogens (primary N) is 1. The molecule has 0 aromatic carbocycles. The van der Waals surface area contributed by atoms with Gasteiger partial charge < -0.3 is 11.1 Å². The number of aromatic nitrogens is 2. The Balaban J connectivity index is 1.92. The summed E-state index contributed by atoms with van der Waals surface area (Å²) in [5.41, 5.74) is 6.72. The minimum absolute atomic E-state index is 0.268. The number of hydrogen-bond donors (Lipinski definition) is 3. The summed E-state index contributed by atoms with van der Waals surface area (Å²) in [6, 6.07) is 0. The van der Waals surface area contributed by atoms with Crippen LogP contribution >= 0.6 is 11.3 Å². The number of carbonyl (C=O) groups excluding carboxylic acids is 1. The number of carbonyl (C=O) groups is 1. The van der Waals surface area contributed by atoms with Crippen molar-refractivity contribution >= 4 is 43.3 Å². The molecule has 21 heavy (non-hydrogen) atoms. The average Bonchev–Trinajstić information content (AvgIpc) is 2.75. The molecule has 0 bridgehead atoms. The smallest absolute Gasteiger partial charge is 0.263 e. The van der Waals surface area contributed by atoms with Crippen LogP contribution in [0.2, 0.25) is 0 Å². The Morgan fingerprint density at radius 3 is 2.71 bits per heavy atom. The minimum atomic E-state index is -3.20. The summed E-state index contributed by atoms with van der Waals surface area (Å²) in [5, 5.41) is 2.69. The fourth-order valence-electron chi connectivity index (χ4n) is 1.64. The highest BCUT2D eigenvalue weighted by molar-refractivity contribution is 7.88. The van der Waals surface area contributed by atoms with Crippen LogP contribution in [0, 0.1) is 0 Å². The van der Waals surface area contributed by atoms with E-state index in [0.29, 0.717) is 33.9 Å². The summed E-state index contributed by atoms with van der Waals surface area (Å²) < 4.78 is 24.1. The third kappa shape index (κ3) is 4.09. The molecular weight excluding hydrogens is 314 g/mol. The summed E-state index contributed by atoms with van der Waals surface area (Å²) in [4.78, 5) is 21.2. The molecule has 2 rings (SSSR count). The number of hydrogen-bond acceptors (Lipinski definition) is 7. The molecule has 0 saturated carbocycles. The minimum Gasteiger partial charge on any atom is -0.396 e. The van der Waals surface area contributed by atoms with Gasteiger partial charge in [0.15, 0.2) is 0 Å². The van der Waals surface area contributed by atoms with Crippen molar-refractivity contribution in [1.82, 2.24) is 20.0 Å². The van der Waals surface area contributed by atoms with Crippen molar-refractivity contribution in [3.63, 3.8) is 0 Å². The van der Waals surface area contributed by atoms with Gasteiger partial charge in [0.1, 0.15) is 15.2 Å². The van der Waals surface area contributed by atoms with Gasteiger partial charge >= 0.3 is 0 Å². The molecule has 0 fully saturated rings. The van der Waals surface area contributed by atoms with Crippen LogP contribution in [0.15, 0.2) is 12.4 Å². The highest BCUT2D eigenvalue weighted by atomic mass is 32.2. The lowest BCUT2D eigenvalue weighted by Crippen LogP contribution is -2.29. The lowest BCUT2D eigenvalue weighted by Gasteiger charge is -2.04. The van der Waals surface area contributed by atoms with Crippen LogP contribution in [0.3, 0.4) is 0 Å². The van der Waals surface area contributed by atoms with Crippen molar-refractivity contribution in [3.05, 3.63) is 17.3 Å². The molecule has 2 heterocycles. The van der Waals surface area contributed by atoms with Gasteiger partial charge in [-0.3, -0.25) is 4.79 Å². The molecule has 114 valence electrons. The van der Waals surface area contributed by atoms with E-state index in [1.165, 1.54) is 23.7 Å². The molecule has 10 heteroatoms. The molecule has 0 aliphatic carbocycles. The lowest BCUT2D eigenvalue weighted by atomic mass is 10.3. The zero-order valence-corrected chi connectivity index (χ0v) is 12.9. The quantitative estimate of drug-likeness (QED) is 0.637. The highest BCUT2D eigenvalue weighted by Crippen LogP contribution is 2.30. The van der Waals surface area contributed by atoms with Crippen molar-refractivity contribution in [3.8, 4) is 0 Å². The molecular formula is C11H15N5O3S2. The van der Waals surface area contributed by atoms with Crippen LogP contribution in [0.1, 0.15) is 16.1 Å². The number of nitrogen functional groups attached to an aromatic ring is 1.